The lowest BCUT2D eigenvalue weighted by Crippen LogP contribution is -2.15. The molecule has 6 heteroatoms. The van der Waals surface area contributed by atoms with Gasteiger partial charge in [0.05, 0.1) is 11.6 Å². The van der Waals surface area contributed by atoms with E-state index in [1.165, 1.54) is 0 Å². The van der Waals surface area contributed by atoms with Gasteiger partial charge < -0.3 is 10.6 Å². The third-order valence-electron chi connectivity index (χ3n) is 3.99. The summed E-state index contributed by atoms with van der Waals surface area (Å²) < 4.78 is 0. The minimum atomic E-state index is -0.345. The maximum atomic E-state index is 12.5. The van der Waals surface area contributed by atoms with Gasteiger partial charge >= 0.3 is 0 Å². The van der Waals surface area contributed by atoms with Gasteiger partial charge in [-0.25, -0.2) is 9.97 Å². The van der Waals surface area contributed by atoms with E-state index < -0.39 is 0 Å². The molecule has 3 aromatic rings. The van der Waals surface area contributed by atoms with Gasteiger partial charge in [0, 0.05) is 17.6 Å². The smallest absolute Gasteiger partial charge is 0.274 e. The standard InChI is InChI=1S/C21H19N5O/c1-14(2)17-5-3-4-6-18(17)25-21-23-12-11-19(26-21)20(27)24-16-9-7-15(13-22)8-10-16/h3-12,14H,1-2H3,(H,24,27)(H,23,25,26). The second-order valence-corrected chi connectivity index (χ2v) is 6.28. The number of nitrogens with zero attached hydrogens (tertiary/aromatic N) is 3. The topological polar surface area (TPSA) is 90.7 Å². The first-order valence-corrected chi connectivity index (χ1v) is 8.57. The summed E-state index contributed by atoms with van der Waals surface area (Å²) in [7, 11) is 0. The molecule has 0 atom stereocenters. The molecule has 0 aliphatic carbocycles. The number of nitrogens with one attached hydrogen (secondary N) is 2. The Morgan fingerprint density at radius 3 is 2.52 bits per heavy atom. The number of para-hydroxylation sites is 1. The fourth-order valence-electron chi connectivity index (χ4n) is 2.60. The van der Waals surface area contributed by atoms with Crippen LogP contribution in [0.3, 0.4) is 0 Å². The van der Waals surface area contributed by atoms with Gasteiger partial charge in [0.1, 0.15) is 5.69 Å². The molecular weight excluding hydrogens is 338 g/mol. The molecule has 0 radical (unpaired) electrons. The van der Waals surface area contributed by atoms with E-state index in [2.05, 4.69) is 40.5 Å². The van der Waals surface area contributed by atoms with E-state index >= 15 is 0 Å². The lowest BCUT2D eigenvalue weighted by molar-refractivity contribution is 0.102. The van der Waals surface area contributed by atoms with Crippen LogP contribution in [-0.4, -0.2) is 15.9 Å². The molecule has 1 heterocycles. The second kappa shape index (κ2) is 8.11. The Labute approximate surface area is 157 Å². The molecule has 0 saturated carbocycles. The van der Waals surface area contributed by atoms with E-state index in [4.69, 9.17) is 5.26 Å². The fraction of sp³-hybridized carbons (Fsp3) is 0.143. The molecule has 0 spiro atoms. The van der Waals surface area contributed by atoms with Crippen molar-refractivity contribution >= 4 is 23.2 Å². The third-order valence-corrected chi connectivity index (χ3v) is 3.99. The first kappa shape index (κ1) is 18.1. The van der Waals surface area contributed by atoms with Crippen molar-refractivity contribution in [2.24, 2.45) is 0 Å². The van der Waals surface area contributed by atoms with Gasteiger partial charge in [0.15, 0.2) is 0 Å². The number of hydrogen-bond acceptors (Lipinski definition) is 5. The molecule has 1 aromatic heterocycles. The van der Waals surface area contributed by atoms with Crippen molar-refractivity contribution in [3.8, 4) is 6.07 Å². The Hall–Kier alpha value is -3.72. The number of anilines is 3. The molecule has 0 bridgehead atoms. The molecule has 1 amide bonds. The van der Waals surface area contributed by atoms with Gasteiger partial charge in [0.2, 0.25) is 5.95 Å². The monoisotopic (exact) mass is 357 g/mol. The van der Waals surface area contributed by atoms with Gasteiger partial charge in [0.25, 0.3) is 5.91 Å². The minimum Gasteiger partial charge on any atom is -0.324 e. The molecule has 0 fully saturated rings. The number of hydrogen-bond donors (Lipinski definition) is 2. The van der Waals surface area contributed by atoms with Crippen LogP contribution in [0, 0.1) is 11.3 Å². The zero-order valence-electron chi connectivity index (χ0n) is 15.1. The molecule has 134 valence electrons. The molecule has 0 saturated heterocycles. The predicted octanol–water partition coefficient (Wildman–Crippen LogP) is 4.47. The van der Waals surface area contributed by atoms with Gasteiger partial charge in [-0.2, -0.15) is 5.26 Å². The minimum absolute atomic E-state index is 0.249. The maximum absolute atomic E-state index is 12.5. The van der Waals surface area contributed by atoms with Gasteiger partial charge in [-0.05, 0) is 47.9 Å². The Morgan fingerprint density at radius 1 is 1.07 bits per heavy atom. The van der Waals surface area contributed by atoms with E-state index in [1.807, 2.05) is 24.3 Å². The average Bonchev–Trinajstić information content (AvgIpc) is 2.69. The number of aromatic nitrogens is 2. The summed E-state index contributed by atoms with van der Waals surface area (Å²) >= 11 is 0. The van der Waals surface area contributed by atoms with E-state index in [-0.39, 0.29) is 11.6 Å². The van der Waals surface area contributed by atoms with Gasteiger partial charge in [-0.15, -0.1) is 0 Å². The van der Waals surface area contributed by atoms with Crippen LogP contribution in [0.2, 0.25) is 0 Å². The van der Waals surface area contributed by atoms with Crippen LogP contribution in [0.25, 0.3) is 0 Å². The van der Waals surface area contributed by atoms with Crippen LogP contribution in [0.15, 0.2) is 60.8 Å². The Kier molecular flexibility index (Phi) is 5.43. The van der Waals surface area contributed by atoms with Crippen molar-refractivity contribution in [3.05, 3.63) is 77.6 Å². The van der Waals surface area contributed by atoms with Crippen molar-refractivity contribution in [2.75, 3.05) is 10.6 Å². The SMILES string of the molecule is CC(C)c1ccccc1Nc1nccc(C(=O)Nc2ccc(C#N)cc2)n1. The van der Waals surface area contributed by atoms with Crippen LogP contribution in [0.4, 0.5) is 17.3 Å². The third kappa shape index (κ3) is 4.47. The summed E-state index contributed by atoms with van der Waals surface area (Å²) in [6.07, 6.45) is 1.54. The van der Waals surface area contributed by atoms with E-state index in [9.17, 15) is 4.79 Å². The van der Waals surface area contributed by atoms with Crippen molar-refractivity contribution in [1.82, 2.24) is 9.97 Å². The highest BCUT2D eigenvalue weighted by Gasteiger charge is 2.11. The molecule has 2 N–H and O–H groups in total. The number of amides is 1. The molecule has 2 aromatic carbocycles. The van der Waals surface area contributed by atoms with Crippen LogP contribution in [0.1, 0.15) is 41.4 Å². The average molecular weight is 357 g/mol. The Morgan fingerprint density at radius 2 is 1.81 bits per heavy atom. The second-order valence-electron chi connectivity index (χ2n) is 6.28. The summed E-state index contributed by atoms with van der Waals surface area (Å²) in [5.74, 6) is 0.356. The molecule has 6 nitrogen and oxygen atoms in total. The van der Waals surface area contributed by atoms with E-state index in [0.717, 1.165) is 11.3 Å². The zero-order chi connectivity index (χ0) is 19.2. The lowest BCUT2D eigenvalue weighted by Gasteiger charge is -2.13. The number of nitriles is 1. The van der Waals surface area contributed by atoms with Crippen LogP contribution < -0.4 is 10.6 Å². The lowest BCUT2D eigenvalue weighted by atomic mass is 10.0. The summed E-state index contributed by atoms with van der Waals surface area (Å²) in [5, 5.41) is 14.8. The molecule has 3 rings (SSSR count). The molecular formula is C21H19N5O. The van der Waals surface area contributed by atoms with Crippen molar-refractivity contribution in [3.63, 3.8) is 0 Å². The number of carbonyl (C=O) groups is 1. The largest absolute Gasteiger partial charge is 0.324 e. The highest BCUT2D eigenvalue weighted by atomic mass is 16.1. The highest BCUT2D eigenvalue weighted by Crippen LogP contribution is 2.25. The number of rotatable bonds is 5. The molecule has 27 heavy (non-hydrogen) atoms. The molecule has 0 aliphatic rings. The van der Waals surface area contributed by atoms with E-state index in [0.29, 0.717) is 23.1 Å². The van der Waals surface area contributed by atoms with Crippen molar-refractivity contribution in [2.45, 2.75) is 19.8 Å². The van der Waals surface area contributed by atoms with E-state index in [1.54, 1.807) is 36.5 Å². The van der Waals surface area contributed by atoms with Crippen LogP contribution in [0.5, 0.6) is 0 Å². The quantitative estimate of drug-likeness (QED) is 0.703. The van der Waals surface area contributed by atoms with Gasteiger partial charge in [-0.1, -0.05) is 32.0 Å². The summed E-state index contributed by atoms with van der Waals surface area (Å²) in [6.45, 7) is 4.23. The maximum Gasteiger partial charge on any atom is 0.274 e. The zero-order valence-corrected chi connectivity index (χ0v) is 15.1. The van der Waals surface area contributed by atoms with Crippen LogP contribution >= 0.6 is 0 Å². The first-order chi connectivity index (χ1) is 13.1. The highest BCUT2D eigenvalue weighted by molar-refractivity contribution is 6.03. The Balaban J connectivity index is 1.77. The van der Waals surface area contributed by atoms with Gasteiger partial charge in [-0.3, -0.25) is 4.79 Å². The van der Waals surface area contributed by atoms with Crippen molar-refractivity contribution in [1.29, 1.82) is 5.26 Å². The summed E-state index contributed by atoms with van der Waals surface area (Å²) in [5.41, 5.74) is 3.44. The van der Waals surface area contributed by atoms with Crippen molar-refractivity contribution < 1.29 is 4.79 Å². The van der Waals surface area contributed by atoms with Crippen LogP contribution in [-0.2, 0) is 0 Å². The number of benzene rings is 2. The summed E-state index contributed by atoms with van der Waals surface area (Å²) in [4.78, 5) is 21.0. The summed E-state index contributed by atoms with van der Waals surface area (Å²) in [6, 6.07) is 18.2. The molecule has 0 aliphatic heterocycles. The number of carbonyl (C=O) groups excluding carboxylic acids is 1. The molecule has 0 unspecified atom stereocenters. The first-order valence-electron chi connectivity index (χ1n) is 8.57. The predicted molar refractivity (Wildman–Crippen MR) is 105 cm³/mol. The fourth-order valence-corrected chi connectivity index (χ4v) is 2.60. The Bertz CT molecular complexity index is 990. The normalized spacial score (nSPS) is 10.3.